The third-order valence-corrected chi connectivity index (χ3v) is 4.12. The van der Waals surface area contributed by atoms with Crippen molar-refractivity contribution in [1.82, 2.24) is 4.90 Å². The Balaban J connectivity index is 1.74. The van der Waals surface area contributed by atoms with Gasteiger partial charge in [0, 0.05) is 17.8 Å². The lowest BCUT2D eigenvalue weighted by atomic mass is 10.1. The molecule has 4 heteroatoms. The van der Waals surface area contributed by atoms with Crippen LogP contribution in [0.15, 0.2) is 54.6 Å². The second kappa shape index (κ2) is 6.65. The van der Waals surface area contributed by atoms with Crippen LogP contribution in [0.25, 0.3) is 0 Å². The first-order valence-electron chi connectivity index (χ1n) is 7.89. The molecule has 1 aliphatic heterocycles. The molecule has 4 nitrogen and oxygen atoms in total. The molecule has 2 aromatic carbocycles. The highest BCUT2D eigenvalue weighted by molar-refractivity contribution is 6.01. The monoisotopic (exact) mass is 308 g/mol. The fourth-order valence-electron chi connectivity index (χ4n) is 2.97. The molecule has 0 saturated carbocycles. The number of benzene rings is 2. The molecule has 0 aliphatic carbocycles. The van der Waals surface area contributed by atoms with Crippen molar-refractivity contribution in [1.29, 1.82) is 0 Å². The van der Waals surface area contributed by atoms with E-state index in [0.717, 1.165) is 17.7 Å². The van der Waals surface area contributed by atoms with E-state index in [9.17, 15) is 9.59 Å². The zero-order valence-corrected chi connectivity index (χ0v) is 13.2. The average molecular weight is 308 g/mol. The van der Waals surface area contributed by atoms with Crippen molar-refractivity contribution in [2.24, 2.45) is 0 Å². The van der Waals surface area contributed by atoms with Crippen LogP contribution in [-0.2, 0) is 4.79 Å². The maximum Gasteiger partial charge on any atom is 0.254 e. The molecule has 118 valence electrons. The fourth-order valence-corrected chi connectivity index (χ4v) is 2.97. The Labute approximate surface area is 136 Å². The van der Waals surface area contributed by atoms with Gasteiger partial charge in [-0.3, -0.25) is 9.59 Å². The summed E-state index contributed by atoms with van der Waals surface area (Å²) in [5.74, 6) is -0.186. The largest absolute Gasteiger partial charge is 0.327 e. The first-order chi connectivity index (χ1) is 11.1. The summed E-state index contributed by atoms with van der Waals surface area (Å²) in [5, 5.41) is 2.90. The van der Waals surface area contributed by atoms with Crippen LogP contribution in [0.2, 0.25) is 0 Å². The van der Waals surface area contributed by atoms with Crippen LogP contribution in [0.4, 0.5) is 5.69 Å². The number of hydrogen-bond acceptors (Lipinski definition) is 2. The van der Waals surface area contributed by atoms with Crippen molar-refractivity contribution in [2.45, 2.75) is 25.8 Å². The number of carbonyl (C=O) groups is 2. The van der Waals surface area contributed by atoms with Gasteiger partial charge in [0.05, 0.1) is 0 Å². The molecule has 3 rings (SSSR count). The zero-order valence-electron chi connectivity index (χ0n) is 13.2. The highest BCUT2D eigenvalue weighted by Crippen LogP contribution is 2.22. The number of rotatable bonds is 3. The first-order valence-corrected chi connectivity index (χ1v) is 7.89. The predicted molar refractivity (Wildman–Crippen MR) is 90.3 cm³/mol. The molecule has 1 aliphatic rings. The van der Waals surface area contributed by atoms with Crippen molar-refractivity contribution in [3.63, 3.8) is 0 Å². The minimum Gasteiger partial charge on any atom is -0.327 e. The summed E-state index contributed by atoms with van der Waals surface area (Å²) in [4.78, 5) is 26.9. The number of para-hydroxylation sites is 1. The number of amides is 2. The Hall–Kier alpha value is -2.62. The van der Waals surface area contributed by atoms with Crippen molar-refractivity contribution in [3.8, 4) is 0 Å². The molecule has 23 heavy (non-hydrogen) atoms. The number of nitrogens with zero attached hydrogens (tertiary/aromatic N) is 1. The summed E-state index contributed by atoms with van der Waals surface area (Å²) < 4.78 is 0. The molecule has 2 amide bonds. The van der Waals surface area contributed by atoms with E-state index in [1.807, 2.05) is 55.5 Å². The van der Waals surface area contributed by atoms with Crippen molar-refractivity contribution >= 4 is 17.5 Å². The summed E-state index contributed by atoms with van der Waals surface area (Å²) in [6, 6.07) is 16.4. The minimum absolute atomic E-state index is 0.0700. The second-order valence-corrected chi connectivity index (χ2v) is 5.88. The van der Waals surface area contributed by atoms with Gasteiger partial charge in [-0.15, -0.1) is 0 Å². The Morgan fingerprint density at radius 1 is 1.09 bits per heavy atom. The van der Waals surface area contributed by atoms with E-state index >= 15 is 0 Å². The molecular weight excluding hydrogens is 288 g/mol. The SMILES string of the molecule is Cc1cccc(C(=O)N2CCC[C@H]2C(=O)Nc2ccccc2)c1. The summed E-state index contributed by atoms with van der Waals surface area (Å²) in [6.07, 6.45) is 1.56. The standard InChI is InChI=1S/C19H20N2O2/c1-14-7-5-8-15(13-14)19(23)21-12-6-11-17(21)18(22)20-16-9-3-2-4-10-16/h2-5,7-10,13,17H,6,11-12H2,1H3,(H,20,22)/t17-/m0/s1. The molecule has 0 aromatic heterocycles. The van der Waals surface area contributed by atoms with E-state index < -0.39 is 6.04 Å². The molecule has 1 fully saturated rings. The van der Waals surface area contributed by atoms with Gasteiger partial charge < -0.3 is 10.2 Å². The maximum atomic E-state index is 12.7. The predicted octanol–water partition coefficient (Wildman–Crippen LogP) is 3.24. The van der Waals surface area contributed by atoms with Crippen LogP contribution >= 0.6 is 0 Å². The number of anilines is 1. The second-order valence-electron chi connectivity index (χ2n) is 5.88. The molecule has 1 atom stereocenters. The van der Waals surface area contributed by atoms with E-state index in [-0.39, 0.29) is 11.8 Å². The molecule has 0 radical (unpaired) electrons. The van der Waals surface area contributed by atoms with Gasteiger partial charge in [0.25, 0.3) is 5.91 Å². The topological polar surface area (TPSA) is 49.4 Å². The smallest absolute Gasteiger partial charge is 0.254 e. The summed E-state index contributed by atoms with van der Waals surface area (Å²) in [5.41, 5.74) is 2.44. The molecule has 1 saturated heterocycles. The molecular formula is C19H20N2O2. The highest BCUT2D eigenvalue weighted by Gasteiger charge is 2.34. The molecule has 1 heterocycles. The van der Waals surface area contributed by atoms with Gasteiger partial charge in [-0.2, -0.15) is 0 Å². The van der Waals surface area contributed by atoms with Crippen molar-refractivity contribution < 1.29 is 9.59 Å². The van der Waals surface area contributed by atoms with E-state index in [2.05, 4.69) is 5.32 Å². The number of likely N-dealkylation sites (tertiary alicyclic amines) is 1. The quantitative estimate of drug-likeness (QED) is 0.946. The number of carbonyl (C=O) groups excluding carboxylic acids is 2. The third-order valence-electron chi connectivity index (χ3n) is 4.12. The summed E-state index contributed by atoms with van der Waals surface area (Å²) >= 11 is 0. The Morgan fingerprint density at radius 2 is 1.87 bits per heavy atom. The van der Waals surface area contributed by atoms with E-state index in [4.69, 9.17) is 0 Å². The van der Waals surface area contributed by atoms with Crippen LogP contribution in [0.3, 0.4) is 0 Å². The van der Waals surface area contributed by atoms with Crippen molar-refractivity contribution in [2.75, 3.05) is 11.9 Å². The van der Waals surface area contributed by atoms with Gasteiger partial charge in [-0.1, -0.05) is 35.9 Å². The van der Waals surface area contributed by atoms with Crippen molar-refractivity contribution in [3.05, 3.63) is 65.7 Å². The summed E-state index contributed by atoms with van der Waals surface area (Å²) in [7, 11) is 0. The fraction of sp³-hybridized carbons (Fsp3) is 0.263. The maximum absolute atomic E-state index is 12.7. The van der Waals surface area contributed by atoms with Crippen LogP contribution in [0.5, 0.6) is 0 Å². The van der Waals surface area contributed by atoms with Gasteiger partial charge in [-0.05, 0) is 44.0 Å². The lowest BCUT2D eigenvalue weighted by Crippen LogP contribution is -2.43. The first kappa shape index (κ1) is 15.3. The third kappa shape index (κ3) is 3.42. The number of aryl methyl sites for hydroxylation is 1. The lowest BCUT2D eigenvalue weighted by molar-refractivity contribution is -0.119. The average Bonchev–Trinajstić information content (AvgIpc) is 3.05. The number of hydrogen-bond donors (Lipinski definition) is 1. The van der Waals surface area contributed by atoms with Crippen LogP contribution < -0.4 is 5.32 Å². The molecule has 0 spiro atoms. The van der Waals surface area contributed by atoms with Gasteiger partial charge in [0.2, 0.25) is 5.91 Å². The Kier molecular flexibility index (Phi) is 4.42. The van der Waals surface area contributed by atoms with Crippen LogP contribution in [0, 0.1) is 6.92 Å². The van der Waals surface area contributed by atoms with Gasteiger partial charge >= 0.3 is 0 Å². The van der Waals surface area contributed by atoms with E-state index in [1.54, 1.807) is 11.0 Å². The molecule has 0 unspecified atom stereocenters. The van der Waals surface area contributed by atoms with E-state index in [0.29, 0.717) is 18.5 Å². The highest BCUT2D eigenvalue weighted by atomic mass is 16.2. The molecule has 1 N–H and O–H groups in total. The lowest BCUT2D eigenvalue weighted by Gasteiger charge is -2.24. The van der Waals surface area contributed by atoms with Gasteiger partial charge in [-0.25, -0.2) is 0 Å². The van der Waals surface area contributed by atoms with Crippen LogP contribution in [0.1, 0.15) is 28.8 Å². The Morgan fingerprint density at radius 3 is 2.61 bits per heavy atom. The minimum atomic E-state index is -0.400. The molecule has 2 aromatic rings. The summed E-state index contributed by atoms with van der Waals surface area (Å²) in [6.45, 7) is 2.58. The van der Waals surface area contributed by atoms with Gasteiger partial charge in [0.1, 0.15) is 6.04 Å². The van der Waals surface area contributed by atoms with Crippen LogP contribution in [-0.4, -0.2) is 29.3 Å². The molecule has 0 bridgehead atoms. The zero-order chi connectivity index (χ0) is 16.2. The van der Waals surface area contributed by atoms with Gasteiger partial charge in [0.15, 0.2) is 0 Å². The normalized spacial score (nSPS) is 17.1. The van der Waals surface area contributed by atoms with E-state index in [1.165, 1.54) is 0 Å². The number of nitrogens with one attached hydrogen (secondary N) is 1. The Bertz CT molecular complexity index is 712.